The standard InChI is InChI=1S/C38H52FNO5/c1-3-5-6-7-8-9-10-11-12-16-25-44-35-24-21-31(26-32(35)28-40)36(41)45-34-22-19-30(20-23-34)29(4-2)27-38(39,37(42)43)33-17-14-13-15-18-33/h19-24,26,29,33H,3-18,25,27H2,1-2H3,(H,42,43)/t29?,38-/m0/s1. The number of aliphatic carboxylic acids is 1. The van der Waals surface area contributed by atoms with Gasteiger partial charge in [-0.2, -0.15) is 5.26 Å². The molecular weight excluding hydrogens is 569 g/mol. The van der Waals surface area contributed by atoms with Gasteiger partial charge in [-0.1, -0.05) is 103 Å². The average molecular weight is 622 g/mol. The van der Waals surface area contributed by atoms with Gasteiger partial charge in [0.15, 0.2) is 0 Å². The summed E-state index contributed by atoms with van der Waals surface area (Å²) in [5, 5.41) is 19.5. The van der Waals surface area contributed by atoms with Gasteiger partial charge >= 0.3 is 11.9 Å². The van der Waals surface area contributed by atoms with Gasteiger partial charge in [0.2, 0.25) is 5.67 Å². The molecule has 1 aliphatic rings. The van der Waals surface area contributed by atoms with E-state index in [1.807, 2.05) is 6.92 Å². The minimum atomic E-state index is -2.26. The first-order valence-electron chi connectivity index (χ1n) is 17.2. The number of benzene rings is 2. The lowest BCUT2D eigenvalue weighted by Crippen LogP contribution is -2.43. The van der Waals surface area contributed by atoms with Crippen molar-refractivity contribution in [1.82, 2.24) is 0 Å². The summed E-state index contributed by atoms with van der Waals surface area (Å²) in [7, 11) is 0. The molecule has 0 bridgehead atoms. The Labute approximate surface area is 269 Å². The number of halogens is 1. The predicted octanol–water partition coefficient (Wildman–Crippen LogP) is 10.3. The summed E-state index contributed by atoms with van der Waals surface area (Å²) in [6, 6.07) is 13.7. The molecule has 45 heavy (non-hydrogen) atoms. The minimum Gasteiger partial charge on any atom is -0.492 e. The van der Waals surface area contributed by atoms with Crippen LogP contribution in [-0.2, 0) is 4.79 Å². The summed E-state index contributed by atoms with van der Waals surface area (Å²) >= 11 is 0. The lowest BCUT2D eigenvalue weighted by Gasteiger charge is -2.35. The van der Waals surface area contributed by atoms with Crippen LogP contribution in [0.4, 0.5) is 4.39 Å². The van der Waals surface area contributed by atoms with E-state index in [-0.39, 0.29) is 23.5 Å². The number of nitrogens with zero attached hydrogens (tertiary/aromatic N) is 1. The molecule has 1 fully saturated rings. The predicted molar refractivity (Wildman–Crippen MR) is 176 cm³/mol. The normalized spacial score (nSPS) is 15.5. The van der Waals surface area contributed by atoms with Gasteiger partial charge in [-0.25, -0.2) is 14.0 Å². The molecule has 2 aromatic rings. The van der Waals surface area contributed by atoms with Crippen molar-refractivity contribution in [3.63, 3.8) is 0 Å². The molecule has 0 radical (unpaired) electrons. The molecule has 0 aromatic heterocycles. The van der Waals surface area contributed by atoms with Gasteiger partial charge in [-0.15, -0.1) is 0 Å². The van der Waals surface area contributed by atoms with Gasteiger partial charge < -0.3 is 14.6 Å². The van der Waals surface area contributed by atoms with Crippen LogP contribution < -0.4 is 9.47 Å². The zero-order chi connectivity index (χ0) is 32.5. The fourth-order valence-corrected chi connectivity index (χ4v) is 6.46. The van der Waals surface area contributed by atoms with Crippen molar-refractivity contribution in [3.05, 3.63) is 59.2 Å². The van der Waals surface area contributed by atoms with Crippen LogP contribution in [0.15, 0.2) is 42.5 Å². The quantitative estimate of drug-likeness (QED) is 0.0897. The summed E-state index contributed by atoms with van der Waals surface area (Å²) in [4.78, 5) is 24.9. The minimum absolute atomic E-state index is 0.0762. The van der Waals surface area contributed by atoms with Crippen molar-refractivity contribution in [2.45, 2.75) is 135 Å². The number of nitriles is 1. The maximum atomic E-state index is 15.9. The molecule has 3 rings (SSSR count). The number of unbranched alkanes of at least 4 members (excludes halogenated alkanes) is 9. The number of ether oxygens (including phenoxy) is 2. The highest BCUT2D eigenvalue weighted by Crippen LogP contribution is 2.42. The molecule has 1 aliphatic carbocycles. The van der Waals surface area contributed by atoms with Crippen molar-refractivity contribution in [1.29, 1.82) is 5.26 Å². The molecule has 7 heteroatoms. The van der Waals surface area contributed by atoms with E-state index in [1.165, 1.54) is 57.4 Å². The lowest BCUT2D eigenvalue weighted by molar-refractivity contribution is -0.157. The van der Waals surface area contributed by atoms with E-state index in [2.05, 4.69) is 13.0 Å². The highest BCUT2D eigenvalue weighted by molar-refractivity contribution is 5.91. The van der Waals surface area contributed by atoms with Crippen LogP contribution in [-0.4, -0.2) is 29.3 Å². The number of carboxylic acid groups (broad SMARTS) is 1. The molecule has 0 aliphatic heterocycles. The SMILES string of the molecule is CCCCCCCCCCCCOc1ccc(C(=O)Oc2ccc(C(CC)C[C@@](F)(C(=O)O)C3CCCCC3)cc2)cc1C#N. The number of hydrogen-bond donors (Lipinski definition) is 1. The summed E-state index contributed by atoms with van der Waals surface area (Å²) in [6.07, 6.45) is 16.8. The molecule has 0 saturated heterocycles. The van der Waals surface area contributed by atoms with Gasteiger partial charge in [0.1, 0.15) is 17.6 Å². The van der Waals surface area contributed by atoms with Crippen LogP contribution >= 0.6 is 0 Å². The fraction of sp³-hybridized carbons (Fsp3) is 0.605. The molecule has 0 amide bonds. The second kappa shape index (κ2) is 19.2. The maximum Gasteiger partial charge on any atom is 0.343 e. The van der Waals surface area contributed by atoms with Crippen molar-refractivity contribution < 1.29 is 28.6 Å². The molecule has 1 unspecified atom stereocenters. The van der Waals surface area contributed by atoms with E-state index in [0.717, 1.165) is 37.7 Å². The Hall–Kier alpha value is -3.40. The lowest BCUT2D eigenvalue weighted by atomic mass is 9.72. The molecule has 0 spiro atoms. The first-order valence-corrected chi connectivity index (χ1v) is 17.2. The smallest absolute Gasteiger partial charge is 0.343 e. The molecule has 246 valence electrons. The van der Waals surface area contributed by atoms with E-state index in [9.17, 15) is 20.0 Å². The number of hydrogen-bond acceptors (Lipinski definition) is 5. The molecule has 6 nitrogen and oxygen atoms in total. The van der Waals surface area contributed by atoms with E-state index in [4.69, 9.17) is 9.47 Å². The van der Waals surface area contributed by atoms with E-state index >= 15 is 4.39 Å². The summed E-state index contributed by atoms with van der Waals surface area (Å²) < 4.78 is 27.3. The largest absolute Gasteiger partial charge is 0.492 e. The number of alkyl halides is 1. The Kier molecular flexibility index (Phi) is 15.4. The second-order valence-electron chi connectivity index (χ2n) is 12.6. The zero-order valence-corrected chi connectivity index (χ0v) is 27.3. The Morgan fingerprint density at radius 3 is 2.13 bits per heavy atom. The number of esters is 1. The number of carbonyl (C=O) groups excluding carboxylic acids is 1. The maximum absolute atomic E-state index is 15.9. The molecule has 0 heterocycles. The first-order chi connectivity index (χ1) is 21.8. The molecule has 1 saturated carbocycles. The van der Waals surface area contributed by atoms with Gasteiger partial charge in [-0.05, 0) is 73.9 Å². The topological polar surface area (TPSA) is 96.6 Å². The van der Waals surface area contributed by atoms with E-state index in [1.54, 1.807) is 36.4 Å². The third-order valence-electron chi connectivity index (χ3n) is 9.30. The third-order valence-corrected chi connectivity index (χ3v) is 9.30. The molecule has 1 N–H and O–H groups in total. The molecule has 2 atom stereocenters. The Bertz CT molecular complexity index is 1230. The Morgan fingerprint density at radius 1 is 0.933 bits per heavy atom. The average Bonchev–Trinajstić information content (AvgIpc) is 3.06. The van der Waals surface area contributed by atoms with Crippen LogP contribution in [0, 0.1) is 17.2 Å². The van der Waals surface area contributed by atoms with Gasteiger partial charge in [-0.3, -0.25) is 0 Å². The summed E-state index contributed by atoms with van der Waals surface area (Å²) in [5.74, 6) is -1.94. The highest BCUT2D eigenvalue weighted by atomic mass is 19.1. The third kappa shape index (κ3) is 11.2. The first kappa shape index (κ1) is 36.1. The van der Waals surface area contributed by atoms with Crippen LogP contribution in [0.25, 0.3) is 0 Å². The Morgan fingerprint density at radius 2 is 1.56 bits per heavy atom. The molecule has 2 aromatic carbocycles. The van der Waals surface area contributed by atoms with Crippen molar-refractivity contribution in [2.24, 2.45) is 5.92 Å². The van der Waals surface area contributed by atoms with Gasteiger partial charge in [0.05, 0.1) is 17.7 Å². The monoisotopic (exact) mass is 621 g/mol. The van der Waals surface area contributed by atoms with E-state index < -0.39 is 23.5 Å². The Balaban J connectivity index is 1.49. The molecular formula is C38H52FNO5. The highest BCUT2D eigenvalue weighted by Gasteiger charge is 2.48. The van der Waals surface area contributed by atoms with E-state index in [0.29, 0.717) is 37.4 Å². The second-order valence-corrected chi connectivity index (χ2v) is 12.6. The number of rotatable bonds is 20. The van der Waals surface area contributed by atoms with Crippen molar-refractivity contribution >= 4 is 11.9 Å². The summed E-state index contributed by atoms with van der Waals surface area (Å²) in [6.45, 7) is 4.69. The van der Waals surface area contributed by atoms with Crippen LogP contribution in [0.3, 0.4) is 0 Å². The fourth-order valence-electron chi connectivity index (χ4n) is 6.46. The van der Waals surface area contributed by atoms with Crippen LogP contribution in [0.1, 0.15) is 150 Å². The van der Waals surface area contributed by atoms with Gasteiger partial charge in [0, 0.05) is 5.92 Å². The number of carbonyl (C=O) groups is 2. The van der Waals surface area contributed by atoms with Crippen LogP contribution in [0.5, 0.6) is 11.5 Å². The summed E-state index contributed by atoms with van der Waals surface area (Å²) in [5.41, 5.74) is -0.923. The van der Waals surface area contributed by atoms with Crippen molar-refractivity contribution in [3.8, 4) is 17.6 Å². The number of carboxylic acids is 1. The zero-order valence-electron chi connectivity index (χ0n) is 27.3. The van der Waals surface area contributed by atoms with Gasteiger partial charge in [0.25, 0.3) is 0 Å². The van der Waals surface area contributed by atoms with Crippen molar-refractivity contribution in [2.75, 3.05) is 6.61 Å². The van der Waals surface area contributed by atoms with Crippen LogP contribution in [0.2, 0.25) is 0 Å².